The third kappa shape index (κ3) is 3.96. The summed E-state index contributed by atoms with van der Waals surface area (Å²) in [6, 6.07) is 24.6. The van der Waals surface area contributed by atoms with Crippen LogP contribution in [0, 0.1) is 11.8 Å². The largest absolute Gasteiger partial charge is 0.303 e. The summed E-state index contributed by atoms with van der Waals surface area (Å²) in [6.07, 6.45) is 4.09. The van der Waals surface area contributed by atoms with Crippen LogP contribution in [-0.2, 0) is 14.8 Å². The van der Waals surface area contributed by atoms with Gasteiger partial charge in [0.1, 0.15) is 6.29 Å². The van der Waals surface area contributed by atoms with E-state index in [0.717, 1.165) is 23.0 Å². The van der Waals surface area contributed by atoms with Crippen molar-refractivity contribution in [2.75, 3.05) is 0 Å². The van der Waals surface area contributed by atoms with Gasteiger partial charge in [0.2, 0.25) is 0 Å². The number of benzene rings is 3. The van der Waals surface area contributed by atoms with E-state index in [1.54, 1.807) is 12.1 Å². The molecule has 0 saturated carbocycles. The molecule has 0 aromatic heterocycles. The molecule has 0 unspecified atom stereocenters. The second-order valence-electron chi connectivity index (χ2n) is 8.40. The van der Waals surface area contributed by atoms with Crippen molar-refractivity contribution < 1.29 is 13.2 Å². The van der Waals surface area contributed by atoms with Crippen LogP contribution in [0.1, 0.15) is 35.4 Å². The van der Waals surface area contributed by atoms with Gasteiger partial charge in [-0.15, -0.1) is 0 Å². The molecule has 2 aliphatic rings. The maximum absolute atomic E-state index is 12.9. The van der Waals surface area contributed by atoms with Crippen LogP contribution < -0.4 is 0 Å². The van der Waals surface area contributed by atoms with Crippen LogP contribution in [0.4, 0.5) is 0 Å². The van der Waals surface area contributed by atoms with Crippen LogP contribution in [0.15, 0.2) is 94.2 Å². The van der Waals surface area contributed by atoms with Crippen LogP contribution in [0.2, 0.25) is 5.02 Å². The fourth-order valence-electron chi connectivity index (χ4n) is 5.17. The SMILES string of the molecule is O=CC[C@H]1C(c2ccccc2)=CC[C@@H](c2ccc(Cl)cc2)[C@@H]1C1=NS(=O)(=O)c2ccccc21. The average molecular weight is 476 g/mol. The summed E-state index contributed by atoms with van der Waals surface area (Å²) in [4.78, 5) is 12.1. The Kier molecular flexibility index (Phi) is 5.77. The predicted octanol–water partition coefficient (Wildman–Crippen LogP) is 5.92. The van der Waals surface area contributed by atoms with E-state index in [1.165, 1.54) is 0 Å². The summed E-state index contributed by atoms with van der Waals surface area (Å²) in [5.41, 5.74) is 4.32. The number of hydrogen-bond donors (Lipinski definition) is 0. The zero-order chi connectivity index (χ0) is 23.0. The first-order valence-electron chi connectivity index (χ1n) is 10.9. The number of aldehydes is 1. The van der Waals surface area contributed by atoms with Crippen molar-refractivity contribution in [1.82, 2.24) is 0 Å². The molecular formula is C27H22ClNO3S. The first kappa shape index (κ1) is 21.8. The Labute approximate surface area is 198 Å². The van der Waals surface area contributed by atoms with Crippen molar-refractivity contribution in [1.29, 1.82) is 0 Å². The number of nitrogens with zero attached hydrogens (tertiary/aromatic N) is 1. The minimum Gasteiger partial charge on any atom is -0.303 e. The summed E-state index contributed by atoms with van der Waals surface area (Å²) in [7, 11) is -3.78. The van der Waals surface area contributed by atoms with E-state index in [0.29, 0.717) is 22.7 Å². The quantitative estimate of drug-likeness (QED) is 0.430. The van der Waals surface area contributed by atoms with Crippen LogP contribution in [0.25, 0.3) is 5.57 Å². The number of fused-ring (bicyclic) bond motifs is 1. The highest BCUT2D eigenvalue weighted by atomic mass is 35.5. The number of carbonyl (C=O) groups is 1. The third-order valence-corrected chi connectivity index (χ3v) is 8.19. The minimum atomic E-state index is -3.78. The maximum atomic E-state index is 12.9. The highest BCUT2D eigenvalue weighted by Gasteiger charge is 2.43. The van der Waals surface area contributed by atoms with Gasteiger partial charge in [-0.3, -0.25) is 0 Å². The molecule has 33 heavy (non-hydrogen) atoms. The second-order valence-corrected chi connectivity index (χ2v) is 10.4. The van der Waals surface area contributed by atoms with Gasteiger partial charge in [0.05, 0.1) is 10.6 Å². The molecule has 3 aromatic rings. The number of sulfonamides is 1. The molecule has 5 rings (SSSR count). The van der Waals surface area contributed by atoms with Gasteiger partial charge in [-0.25, -0.2) is 0 Å². The molecule has 0 bridgehead atoms. The average Bonchev–Trinajstić information content (AvgIpc) is 3.11. The lowest BCUT2D eigenvalue weighted by Gasteiger charge is -2.38. The van der Waals surface area contributed by atoms with E-state index in [2.05, 4.69) is 10.5 Å². The Morgan fingerprint density at radius 3 is 2.36 bits per heavy atom. The molecule has 0 N–H and O–H groups in total. The van der Waals surface area contributed by atoms with Crippen LogP contribution in [0.3, 0.4) is 0 Å². The summed E-state index contributed by atoms with van der Waals surface area (Å²) in [5.74, 6) is -0.533. The molecule has 3 atom stereocenters. The van der Waals surface area contributed by atoms with E-state index >= 15 is 0 Å². The second kappa shape index (κ2) is 8.73. The fraction of sp³-hybridized carbons (Fsp3) is 0.185. The number of carbonyl (C=O) groups excluding carboxylic acids is 1. The van der Waals surface area contributed by atoms with Gasteiger partial charge in [-0.1, -0.05) is 78.3 Å². The van der Waals surface area contributed by atoms with Crippen molar-refractivity contribution in [2.45, 2.75) is 23.7 Å². The van der Waals surface area contributed by atoms with Crippen molar-refractivity contribution in [3.05, 3.63) is 107 Å². The monoisotopic (exact) mass is 475 g/mol. The molecule has 0 saturated heterocycles. The van der Waals surface area contributed by atoms with E-state index in [9.17, 15) is 13.2 Å². The lowest BCUT2D eigenvalue weighted by Crippen LogP contribution is -2.34. The molecule has 1 aliphatic heterocycles. The molecule has 0 amide bonds. The van der Waals surface area contributed by atoms with Crippen LogP contribution in [-0.4, -0.2) is 20.4 Å². The van der Waals surface area contributed by atoms with Gasteiger partial charge >= 0.3 is 0 Å². The van der Waals surface area contributed by atoms with Gasteiger partial charge in [0.25, 0.3) is 10.0 Å². The molecule has 166 valence electrons. The normalized spacial score (nSPS) is 23.4. The lowest BCUT2D eigenvalue weighted by atomic mass is 9.64. The summed E-state index contributed by atoms with van der Waals surface area (Å²) < 4.78 is 30.1. The highest BCUT2D eigenvalue weighted by molar-refractivity contribution is 7.90. The zero-order valence-electron chi connectivity index (χ0n) is 17.8. The Balaban J connectivity index is 1.72. The fourth-order valence-corrected chi connectivity index (χ4v) is 6.58. The summed E-state index contributed by atoms with van der Waals surface area (Å²) in [5, 5.41) is 0.641. The smallest absolute Gasteiger partial charge is 0.283 e. The molecule has 0 spiro atoms. The third-order valence-electron chi connectivity index (χ3n) is 6.59. The Morgan fingerprint density at radius 2 is 1.64 bits per heavy atom. The van der Waals surface area contributed by atoms with Gasteiger partial charge in [-0.05, 0) is 53.2 Å². The molecule has 1 heterocycles. The molecule has 0 fully saturated rings. The van der Waals surface area contributed by atoms with Crippen molar-refractivity contribution in [3.63, 3.8) is 0 Å². The van der Waals surface area contributed by atoms with Crippen LogP contribution >= 0.6 is 11.6 Å². The van der Waals surface area contributed by atoms with Crippen molar-refractivity contribution in [3.8, 4) is 0 Å². The number of allylic oxidation sites excluding steroid dienone is 2. The Morgan fingerprint density at radius 1 is 0.939 bits per heavy atom. The first-order chi connectivity index (χ1) is 16.0. The molecular weight excluding hydrogens is 454 g/mol. The van der Waals surface area contributed by atoms with Crippen molar-refractivity contribution >= 4 is 39.2 Å². The molecule has 6 heteroatoms. The summed E-state index contributed by atoms with van der Waals surface area (Å²) >= 11 is 6.14. The molecule has 4 nitrogen and oxygen atoms in total. The lowest BCUT2D eigenvalue weighted by molar-refractivity contribution is -0.108. The molecule has 1 aliphatic carbocycles. The van der Waals surface area contributed by atoms with E-state index in [4.69, 9.17) is 11.6 Å². The molecule has 0 radical (unpaired) electrons. The topological polar surface area (TPSA) is 63.6 Å². The maximum Gasteiger partial charge on any atom is 0.283 e. The van der Waals surface area contributed by atoms with E-state index in [-0.39, 0.29) is 29.1 Å². The number of halogens is 1. The minimum absolute atomic E-state index is 0.0419. The van der Waals surface area contributed by atoms with E-state index < -0.39 is 10.0 Å². The van der Waals surface area contributed by atoms with Gasteiger partial charge < -0.3 is 4.79 Å². The zero-order valence-corrected chi connectivity index (χ0v) is 19.3. The van der Waals surface area contributed by atoms with Gasteiger partial charge in [0, 0.05) is 22.9 Å². The highest BCUT2D eigenvalue weighted by Crippen LogP contribution is 2.49. The van der Waals surface area contributed by atoms with Gasteiger partial charge in [-0.2, -0.15) is 12.8 Å². The van der Waals surface area contributed by atoms with Crippen molar-refractivity contribution in [2.24, 2.45) is 16.2 Å². The number of hydrogen-bond acceptors (Lipinski definition) is 3. The standard InChI is InChI=1S/C27H22ClNO3S/c28-20-12-10-19(11-13-20)22-15-14-21(18-6-2-1-3-7-18)23(16-17-30)26(22)27-24-8-4-5-9-25(24)33(31,32)29-27/h1-14,17,22-23,26H,15-16H2/t22-,23-,26-/m0/s1. The van der Waals surface area contributed by atoms with E-state index in [1.807, 2.05) is 66.7 Å². The molecule has 3 aromatic carbocycles. The predicted molar refractivity (Wildman–Crippen MR) is 131 cm³/mol. The first-order valence-corrected chi connectivity index (χ1v) is 12.7. The Bertz CT molecular complexity index is 1360. The Hall–Kier alpha value is -3.02. The van der Waals surface area contributed by atoms with Gasteiger partial charge in [0.15, 0.2) is 0 Å². The summed E-state index contributed by atoms with van der Waals surface area (Å²) in [6.45, 7) is 0. The van der Waals surface area contributed by atoms with Crippen LogP contribution in [0.5, 0.6) is 0 Å². The number of rotatable bonds is 5.